The van der Waals surface area contributed by atoms with Crippen LogP contribution in [0.5, 0.6) is 0 Å². The third-order valence-corrected chi connectivity index (χ3v) is 2.01. The van der Waals surface area contributed by atoms with Crippen molar-refractivity contribution in [2.24, 2.45) is 0 Å². The zero-order valence-corrected chi connectivity index (χ0v) is 9.01. The van der Waals surface area contributed by atoms with Crippen molar-refractivity contribution in [2.75, 3.05) is 11.9 Å². The molecule has 0 aliphatic heterocycles. The van der Waals surface area contributed by atoms with E-state index in [1.807, 2.05) is 0 Å². The van der Waals surface area contributed by atoms with E-state index in [4.69, 9.17) is 0 Å². The largest absolute Gasteiger partial charge is 0.433 e. The van der Waals surface area contributed by atoms with Crippen LogP contribution in [-0.2, 0) is 6.18 Å². The smallest absolute Gasteiger partial charge is 0.354 e. The highest BCUT2D eigenvalue weighted by molar-refractivity contribution is 5.25. The SMILES string of the molecule is CCCCCNc1nccc(C(F)(F)F)n1. The number of hydrogen-bond acceptors (Lipinski definition) is 3. The van der Waals surface area contributed by atoms with Crippen LogP contribution >= 0.6 is 0 Å². The predicted octanol–water partition coefficient (Wildman–Crippen LogP) is 3.10. The molecule has 0 unspecified atom stereocenters. The number of alkyl halides is 3. The molecule has 0 aliphatic carbocycles. The lowest BCUT2D eigenvalue weighted by atomic mass is 10.2. The number of nitrogens with zero attached hydrogens (tertiary/aromatic N) is 2. The molecule has 90 valence electrons. The van der Waals surface area contributed by atoms with Crippen molar-refractivity contribution in [3.8, 4) is 0 Å². The fourth-order valence-electron chi connectivity index (χ4n) is 1.18. The van der Waals surface area contributed by atoms with Crippen LogP contribution in [0.3, 0.4) is 0 Å². The molecule has 0 amide bonds. The monoisotopic (exact) mass is 233 g/mol. The van der Waals surface area contributed by atoms with Crippen molar-refractivity contribution in [2.45, 2.75) is 32.4 Å². The molecule has 1 aromatic heterocycles. The van der Waals surface area contributed by atoms with Crippen molar-refractivity contribution in [1.82, 2.24) is 9.97 Å². The highest BCUT2D eigenvalue weighted by atomic mass is 19.4. The van der Waals surface area contributed by atoms with E-state index < -0.39 is 11.9 Å². The normalized spacial score (nSPS) is 11.5. The molecule has 0 spiro atoms. The molecule has 16 heavy (non-hydrogen) atoms. The van der Waals surface area contributed by atoms with Gasteiger partial charge in [-0.15, -0.1) is 0 Å². The minimum absolute atomic E-state index is 0.0333. The number of halogens is 3. The summed E-state index contributed by atoms with van der Waals surface area (Å²) in [4.78, 5) is 7.12. The summed E-state index contributed by atoms with van der Waals surface area (Å²) in [6.45, 7) is 2.65. The van der Waals surface area contributed by atoms with Crippen LogP contribution < -0.4 is 5.32 Å². The molecule has 1 rings (SSSR count). The summed E-state index contributed by atoms with van der Waals surface area (Å²) < 4.78 is 36.9. The number of anilines is 1. The highest BCUT2D eigenvalue weighted by Gasteiger charge is 2.32. The van der Waals surface area contributed by atoms with Gasteiger partial charge in [-0.25, -0.2) is 9.97 Å². The third kappa shape index (κ3) is 4.04. The van der Waals surface area contributed by atoms with E-state index in [0.717, 1.165) is 31.5 Å². The van der Waals surface area contributed by atoms with Gasteiger partial charge in [0.15, 0.2) is 0 Å². The van der Waals surface area contributed by atoms with Crippen molar-refractivity contribution in [1.29, 1.82) is 0 Å². The van der Waals surface area contributed by atoms with Crippen LogP contribution in [0.4, 0.5) is 19.1 Å². The molecular weight excluding hydrogens is 219 g/mol. The second kappa shape index (κ2) is 5.67. The Morgan fingerprint density at radius 1 is 1.31 bits per heavy atom. The molecule has 0 radical (unpaired) electrons. The molecule has 0 bridgehead atoms. The van der Waals surface area contributed by atoms with E-state index in [1.54, 1.807) is 0 Å². The van der Waals surface area contributed by atoms with Gasteiger partial charge in [-0.3, -0.25) is 0 Å². The summed E-state index contributed by atoms with van der Waals surface area (Å²) in [7, 11) is 0. The van der Waals surface area contributed by atoms with Crippen LogP contribution in [0.25, 0.3) is 0 Å². The van der Waals surface area contributed by atoms with E-state index in [1.165, 1.54) is 0 Å². The molecule has 0 atom stereocenters. The fourth-order valence-corrected chi connectivity index (χ4v) is 1.18. The number of aromatic nitrogens is 2. The van der Waals surface area contributed by atoms with Crippen molar-refractivity contribution in [3.63, 3.8) is 0 Å². The van der Waals surface area contributed by atoms with Crippen LogP contribution in [0, 0.1) is 0 Å². The number of unbranched alkanes of at least 4 members (excludes halogenated alkanes) is 2. The van der Waals surface area contributed by atoms with Gasteiger partial charge in [0.2, 0.25) is 5.95 Å². The quantitative estimate of drug-likeness (QED) is 0.794. The molecule has 6 heteroatoms. The Balaban J connectivity index is 2.54. The fraction of sp³-hybridized carbons (Fsp3) is 0.600. The predicted molar refractivity (Wildman–Crippen MR) is 55.0 cm³/mol. The van der Waals surface area contributed by atoms with E-state index in [2.05, 4.69) is 22.2 Å². The summed E-state index contributed by atoms with van der Waals surface area (Å²) in [5.41, 5.74) is -0.916. The minimum Gasteiger partial charge on any atom is -0.354 e. The first-order valence-corrected chi connectivity index (χ1v) is 5.18. The molecule has 0 saturated heterocycles. The van der Waals surface area contributed by atoms with Gasteiger partial charge in [0, 0.05) is 12.7 Å². The lowest BCUT2D eigenvalue weighted by Crippen LogP contribution is -2.12. The van der Waals surface area contributed by atoms with Crippen molar-refractivity contribution in [3.05, 3.63) is 18.0 Å². The maximum absolute atomic E-state index is 12.3. The third-order valence-electron chi connectivity index (χ3n) is 2.01. The molecule has 3 nitrogen and oxygen atoms in total. The average molecular weight is 233 g/mol. The number of hydrogen-bond donors (Lipinski definition) is 1. The van der Waals surface area contributed by atoms with Gasteiger partial charge in [-0.1, -0.05) is 19.8 Å². The lowest BCUT2D eigenvalue weighted by Gasteiger charge is -2.08. The van der Waals surface area contributed by atoms with E-state index in [0.29, 0.717) is 6.54 Å². The zero-order chi connectivity index (χ0) is 12.0. The standard InChI is InChI=1S/C10H14F3N3/c1-2-3-4-6-14-9-15-7-5-8(16-9)10(11,12)13/h5,7H,2-4,6H2,1H3,(H,14,15,16). The van der Waals surface area contributed by atoms with Gasteiger partial charge in [-0.05, 0) is 12.5 Å². The van der Waals surface area contributed by atoms with Gasteiger partial charge in [0.05, 0.1) is 0 Å². The first kappa shape index (κ1) is 12.7. The highest BCUT2D eigenvalue weighted by Crippen LogP contribution is 2.27. The second-order valence-electron chi connectivity index (χ2n) is 3.40. The molecule has 0 aromatic carbocycles. The van der Waals surface area contributed by atoms with Crippen molar-refractivity contribution < 1.29 is 13.2 Å². The van der Waals surface area contributed by atoms with Gasteiger partial charge >= 0.3 is 6.18 Å². The Morgan fingerprint density at radius 2 is 2.06 bits per heavy atom. The Hall–Kier alpha value is -1.33. The second-order valence-corrected chi connectivity index (χ2v) is 3.40. The molecular formula is C10H14F3N3. The van der Waals surface area contributed by atoms with E-state index in [9.17, 15) is 13.2 Å². The first-order chi connectivity index (χ1) is 7.54. The zero-order valence-electron chi connectivity index (χ0n) is 9.01. The Labute approximate surface area is 92.1 Å². The Kier molecular flexibility index (Phi) is 4.52. The first-order valence-electron chi connectivity index (χ1n) is 5.18. The topological polar surface area (TPSA) is 37.8 Å². The lowest BCUT2D eigenvalue weighted by molar-refractivity contribution is -0.141. The molecule has 0 saturated carbocycles. The van der Waals surface area contributed by atoms with E-state index >= 15 is 0 Å². The van der Waals surface area contributed by atoms with Crippen LogP contribution in [0.1, 0.15) is 31.9 Å². The van der Waals surface area contributed by atoms with Crippen LogP contribution in [0.15, 0.2) is 12.3 Å². The maximum Gasteiger partial charge on any atom is 0.433 e. The molecule has 1 heterocycles. The molecule has 1 N–H and O–H groups in total. The van der Waals surface area contributed by atoms with Crippen LogP contribution in [0.2, 0.25) is 0 Å². The van der Waals surface area contributed by atoms with E-state index in [-0.39, 0.29) is 5.95 Å². The summed E-state index contributed by atoms with van der Waals surface area (Å²) in [6, 6.07) is 0.858. The van der Waals surface area contributed by atoms with Gasteiger partial charge in [0.1, 0.15) is 5.69 Å². The average Bonchev–Trinajstić information content (AvgIpc) is 2.24. The Bertz CT molecular complexity index is 325. The van der Waals surface area contributed by atoms with Crippen molar-refractivity contribution >= 4 is 5.95 Å². The molecule has 0 aliphatic rings. The number of nitrogens with one attached hydrogen (secondary N) is 1. The summed E-state index contributed by atoms with van der Waals surface area (Å²) in [5.74, 6) is 0.0333. The van der Waals surface area contributed by atoms with Gasteiger partial charge < -0.3 is 5.32 Å². The van der Waals surface area contributed by atoms with Crippen LogP contribution in [-0.4, -0.2) is 16.5 Å². The number of rotatable bonds is 5. The summed E-state index contributed by atoms with van der Waals surface area (Å²) in [6.07, 6.45) is -0.312. The van der Waals surface area contributed by atoms with Gasteiger partial charge in [-0.2, -0.15) is 13.2 Å². The maximum atomic E-state index is 12.3. The Morgan fingerprint density at radius 3 is 2.69 bits per heavy atom. The summed E-state index contributed by atoms with van der Waals surface area (Å²) >= 11 is 0. The minimum atomic E-state index is -4.41. The van der Waals surface area contributed by atoms with Gasteiger partial charge in [0.25, 0.3) is 0 Å². The molecule has 1 aromatic rings. The molecule has 0 fully saturated rings. The summed E-state index contributed by atoms with van der Waals surface area (Å²) in [5, 5.41) is 2.77.